The highest BCUT2D eigenvalue weighted by atomic mass is 19.1. The van der Waals surface area contributed by atoms with Crippen molar-refractivity contribution in [1.82, 2.24) is 15.1 Å². The molecule has 0 saturated carbocycles. The minimum absolute atomic E-state index is 0.0556. The molecule has 1 aromatic carbocycles. The van der Waals surface area contributed by atoms with Crippen molar-refractivity contribution in [2.75, 3.05) is 40.3 Å². The van der Waals surface area contributed by atoms with E-state index in [9.17, 15) is 8.78 Å². The Morgan fingerprint density at radius 2 is 1.90 bits per heavy atom. The molecule has 0 bridgehead atoms. The Morgan fingerprint density at radius 3 is 2.50 bits per heavy atom. The molecule has 3 nitrogen and oxygen atoms in total. The van der Waals surface area contributed by atoms with E-state index in [2.05, 4.69) is 15.1 Å². The van der Waals surface area contributed by atoms with Crippen molar-refractivity contribution in [3.63, 3.8) is 0 Å². The van der Waals surface area contributed by atoms with E-state index in [0.717, 1.165) is 19.6 Å². The van der Waals surface area contributed by atoms with E-state index in [1.54, 1.807) is 0 Å². The molecule has 1 fully saturated rings. The van der Waals surface area contributed by atoms with Gasteiger partial charge in [0.15, 0.2) is 0 Å². The van der Waals surface area contributed by atoms with Crippen LogP contribution >= 0.6 is 0 Å². The number of hydrogen-bond acceptors (Lipinski definition) is 3. The third kappa shape index (κ3) is 3.16. The van der Waals surface area contributed by atoms with Crippen LogP contribution in [0.3, 0.4) is 0 Å². The van der Waals surface area contributed by atoms with Crippen LogP contribution in [0.5, 0.6) is 0 Å². The Bertz CT molecular complexity index is 432. The summed E-state index contributed by atoms with van der Waals surface area (Å²) in [6.45, 7) is 5.30. The van der Waals surface area contributed by atoms with E-state index in [1.807, 2.05) is 21.0 Å². The summed E-state index contributed by atoms with van der Waals surface area (Å²) in [6, 6.07) is 3.78. The van der Waals surface area contributed by atoms with Gasteiger partial charge in [-0.05, 0) is 32.8 Å². The monoisotopic (exact) mass is 283 g/mol. The minimum atomic E-state index is -0.474. The third-order valence-electron chi connectivity index (χ3n) is 4.02. The molecule has 1 aliphatic rings. The first-order valence-corrected chi connectivity index (χ1v) is 7.10. The molecule has 1 heterocycles. The van der Waals surface area contributed by atoms with E-state index in [4.69, 9.17) is 0 Å². The quantitative estimate of drug-likeness (QED) is 0.910. The summed E-state index contributed by atoms with van der Waals surface area (Å²) in [4.78, 5) is 4.38. The molecule has 2 atom stereocenters. The lowest BCUT2D eigenvalue weighted by atomic mass is 9.95. The number of likely N-dealkylation sites (N-methyl/N-ethyl adjacent to an activating group) is 3. The average molecular weight is 283 g/mol. The minimum Gasteiger partial charge on any atom is -0.309 e. The maximum Gasteiger partial charge on any atom is 0.130 e. The fraction of sp³-hybridized carbons (Fsp3) is 0.600. The van der Waals surface area contributed by atoms with Crippen molar-refractivity contribution in [2.45, 2.75) is 19.0 Å². The molecule has 0 aromatic heterocycles. The van der Waals surface area contributed by atoms with E-state index in [1.165, 1.54) is 18.2 Å². The summed E-state index contributed by atoms with van der Waals surface area (Å²) in [6.07, 6.45) is 0. The van der Waals surface area contributed by atoms with Crippen LogP contribution in [-0.2, 0) is 0 Å². The molecule has 1 aliphatic heterocycles. The summed E-state index contributed by atoms with van der Waals surface area (Å²) in [5, 5.41) is 3.25. The number of rotatable bonds is 4. The Labute approximate surface area is 119 Å². The predicted molar refractivity (Wildman–Crippen MR) is 76.7 cm³/mol. The number of benzene rings is 1. The SMILES string of the molecule is CCNC(c1c(F)cccc1F)C1CN(C)CCN1C. The first-order valence-electron chi connectivity index (χ1n) is 7.10. The average Bonchev–Trinajstić information content (AvgIpc) is 2.40. The summed E-state index contributed by atoms with van der Waals surface area (Å²) in [7, 11) is 4.06. The van der Waals surface area contributed by atoms with E-state index >= 15 is 0 Å². The van der Waals surface area contributed by atoms with Crippen LogP contribution in [0.15, 0.2) is 18.2 Å². The highest BCUT2D eigenvalue weighted by Crippen LogP contribution is 2.27. The largest absolute Gasteiger partial charge is 0.309 e. The molecule has 20 heavy (non-hydrogen) atoms. The Morgan fingerprint density at radius 1 is 1.25 bits per heavy atom. The van der Waals surface area contributed by atoms with Gasteiger partial charge in [-0.15, -0.1) is 0 Å². The molecule has 2 rings (SSSR count). The van der Waals surface area contributed by atoms with Crippen LogP contribution in [0.1, 0.15) is 18.5 Å². The molecule has 0 amide bonds. The van der Waals surface area contributed by atoms with Crippen LogP contribution < -0.4 is 5.32 Å². The van der Waals surface area contributed by atoms with Crippen molar-refractivity contribution in [1.29, 1.82) is 0 Å². The van der Waals surface area contributed by atoms with Crippen LogP contribution in [0.25, 0.3) is 0 Å². The molecular weight excluding hydrogens is 260 g/mol. The number of nitrogens with one attached hydrogen (secondary N) is 1. The van der Waals surface area contributed by atoms with Gasteiger partial charge < -0.3 is 10.2 Å². The van der Waals surface area contributed by atoms with Gasteiger partial charge in [-0.2, -0.15) is 0 Å². The lowest BCUT2D eigenvalue weighted by Gasteiger charge is -2.42. The highest BCUT2D eigenvalue weighted by Gasteiger charge is 2.33. The zero-order valence-electron chi connectivity index (χ0n) is 12.4. The van der Waals surface area contributed by atoms with Gasteiger partial charge in [0.05, 0.1) is 6.04 Å². The van der Waals surface area contributed by atoms with Gasteiger partial charge in [0.25, 0.3) is 0 Å². The summed E-state index contributed by atoms with van der Waals surface area (Å²) in [5.41, 5.74) is 0.154. The molecule has 1 saturated heterocycles. The van der Waals surface area contributed by atoms with Crippen molar-refractivity contribution in [3.8, 4) is 0 Å². The molecule has 112 valence electrons. The second-order valence-electron chi connectivity index (χ2n) is 5.48. The van der Waals surface area contributed by atoms with Crippen molar-refractivity contribution < 1.29 is 8.78 Å². The standard InChI is InChI=1S/C15H23F2N3/c1-4-18-15(13-10-19(2)8-9-20(13)3)14-11(16)6-5-7-12(14)17/h5-7,13,15,18H,4,8-10H2,1-3H3. The molecule has 0 spiro atoms. The molecule has 2 unspecified atom stereocenters. The van der Waals surface area contributed by atoms with Gasteiger partial charge in [-0.3, -0.25) is 4.90 Å². The lowest BCUT2D eigenvalue weighted by molar-refractivity contribution is 0.0860. The van der Waals surface area contributed by atoms with Crippen molar-refractivity contribution in [2.24, 2.45) is 0 Å². The van der Waals surface area contributed by atoms with Gasteiger partial charge in [0, 0.05) is 31.2 Å². The number of nitrogens with zero attached hydrogens (tertiary/aromatic N) is 2. The highest BCUT2D eigenvalue weighted by molar-refractivity contribution is 5.25. The number of halogens is 2. The van der Waals surface area contributed by atoms with Crippen molar-refractivity contribution >= 4 is 0 Å². The van der Waals surface area contributed by atoms with E-state index < -0.39 is 11.6 Å². The Hall–Kier alpha value is -1.04. The second-order valence-corrected chi connectivity index (χ2v) is 5.48. The van der Waals surface area contributed by atoms with E-state index in [0.29, 0.717) is 6.54 Å². The first kappa shape index (κ1) is 15.4. The van der Waals surface area contributed by atoms with Crippen LogP contribution in [-0.4, -0.2) is 56.1 Å². The van der Waals surface area contributed by atoms with Crippen LogP contribution in [0.2, 0.25) is 0 Å². The van der Waals surface area contributed by atoms with Gasteiger partial charge in [-0.25, -0.2) is 8.78 Å². The fourth-order valence-electron chi connectivity index (χ4n) is 2.86. The van der Waals surface area contributed by atoms with E-state index in [-0.39, 0.29) is 17.6 Å². The van der Waals surface area contributed by atoms with Gasteiger partial charge >= 0.3 is 0 Å². The Balaban J connectivity index is 2.35. The second kappa shape index (κ2) is 6.61. The maximum atomic E-state index is 14.1. The Kier molecular flexibility index (Phi) is 5.07. The number of piperazine rings is 1. The summed E-state index contributed by atoms with van der Waals surface area (Å²) >= 11 is 0. The summed E-state index contributed by atoms with van der Waals surface area (Å²) < 4.78 is 28.2. The number of hydrogen-bond donors (Lipinski definition) is 1. The zero-order chi connectivity index (χ0) is 14.7. The first-order chi connectivity index (χ1) is 9.54. The van der Waals surface area contributed by atoms with Gasteiger partial charge in [0.2, 0.25) is 0 Å². The fourth-order valence-corrected chi connectivity index (χ4v) is 2.86. The van der Waals surface area contributed by atoms with Gasteiger partial charge in [-0.1, -0.05) is 13.0 Å². The maximum absolute atomic E-state index is 14.1. The summed E-state index contributed by atoms with van der Waals surface area (Å²) in [5.74, 6) is -0.949. The molecule has 5 heteroatoms. The lowest BCUT2D eigenvalue weighted by Crippen LogP contribution is -2.55. The molecule has 1 N–H and O–H groups in total. The van der Waals surface area contributed by atoms with Crippen molar-refractivity contribution in [3.05, 3.63) is 35.4 Å². The topological polar surface area (TPSA) is 18.5 Å². The van der Waals surface area contributed by atoms with Gasteiger partial charge in [0.1, 0.15) is 11.6 Å². The molecular formula is C15H23F2N3. The van der Waals surface area contributed by atoms with Crippen LogP contribution in [0.4, 0.5) is 8.78 Å². The third-order valence-corrected chi connectivity index (χ3v) is 4.02. The molecule has 1 aromatic rings. The smallest absolute Gasteiger partial charge is 0.130 e. The molecule has 0 aliphatic carbocycles. The predicted octanol–water partition coefficient (Wildman–Crippen LogP) is 1.86. The molecule has 0 radical (unpaired) electrons. The zero-order valence-corrected chi connectivity index (χ0v) is 12.4. The van der Waals surface area contributed by atoms with Crippen LogP contribution in [0, 0.1) is 11.6 Å². The normalized spacial score (nSPS) is 22.9.